The van der Waals surface area contributed by atoms with E-state index < -0.39 is 5.54 Å². The van der Waals surface area contributed by atoms with E-state index in [0.717, 1.165) is 5.75 Å². The second-order valence-electron chi connectivity index (χ2n) is 4.76. The van der Waals surface area contributed by atoms with Crippen LogP contribution in [0.1, 0.15) is 13.8 Å². The number of ether oxygens (including phenoxy) is 1. The molecule has 1 aromatic rings. The average molecular weight is 250 g/mol. The molecule has 0 saturated heterocycles. The smallest absolute Gasteiger partial charge is 0.242 e. The number of amides is 1. The van der Waals surface area contributed by atoms with E-state index >= 15 is 0 Å². The molecule has 1 amide bonds. The molecule has 0 saturated carbocycles. The average Bonchev–Trinajstić information content (AvgIpc) is 2.39. The Bertz CT molecular complexity index is 377. The van der Waals surface area contributed by atoms with Crippen molar-refractivity contribution in [1.82, 2.24) is 10.2 Å². The SMILES string of the molecule is CNC(C)(C)C(=O)N(C)CCOc1ccccc1. The molecular formula is C14H22N2O2. The highest BCUT2D eigenvalue weighted by atomic mass is 16.5. The van der Waals surface area contributed by atoms with Crippen molar-refractivity contribution in [3.05, 3.63) is 30.3 Å². The summed E-state index contributed by atoms with van der Waals surface area (Å²) in [5, 5.41) is 3.00. The fourth-order valence-electron chi connectivity index (χ4n) is 1.50. The molecule has 0 heterocycles. The molecule has 0 unspecified atom stereocenters. The normalized spacial score (nSPS) is 11.1. The number of rotatable bonds is 6. The van der Waals surface area contributed by atoms with Crippen LogP contribution >= 0.6 is 0 Å². The van der Waals surface area contributed by atoms with Crippen molar-refractivity contribution < 1.29 is 9.53 Å². The van der Waals surface area contributed by atoms with Crippen LogP contribution in [0, 0.1) is 0 Å². The zero-order valence-electron chi connectivity index (χ0n) is 11.6. The summed E-state index contributed by atoms with van der Waals surface area (Å²) >= 11 is 0. The number of nitrogens with zero attached hydrogens (tertiary/aromatic N) is 1. The van der Waals surface area contributed by atoms with E-state index in [-0.39, 0.29) is 5.91 Å². The molecule has 0 aliphatic rings. The summed E-state index contributed by atoms with van der Waals surface area (Å²) in [5.41, 5.74) is -0.540. The van der Waals surface area contributed by atoms with Crippen LogP contribution in [0.3, 0.4) is 0 Å². The fraction of sp³-hybridized carbons (Fsp3) is 0.500. The second kappa shape index (κ2) is 6.40. The number of hydrogen-bond donors (Lipinski definition) is 1. The summed E-state index contributed by atoms with van der Waals surface area (Å²) in [6.45, 7) is 4.79. The molecule has 0 bridgehead atoms. The van der Waals surface area contributed by atoms with Crippen LogP contribution in [0.2, 0.25) is 0 Å². The van der Waals surface area contributed by atoms with Crippen LogP contribution < -0.4 is 10.1 Å². The van der Waals surface area contributed by atoms with Gasteiger partial charge in [-0.1, -0.05) is 18.2 Å². The first-order valence-corrected chi connectivity index (χ1v) is 6.09. The Morgan fingerprint density at radius 2 is 1.94 bits per heavy atom. The summed E-state index contributed by atoms with van der Waals surface area (Å²) < 4.78 is 5.56. The highest BCUT2D eigenvalue weighted by Gasteiger charge is 2.28. The molecule has 4 nitrogen and oxygen atoms in total. The van der Waals surface area contributed by atoms with Crippen molar-refractivity contribution in [2.45, 2.75) is 19.4 Å². The predicted molar refractivity (Wildman–Crippen MR) is 72.7 cm³/mol. The van der Waals surface area contributed by atoms with Gasteiger partial charge in [-0.15, -0.1) is 0 Å². The Balaban J connectivity index is 2.38. The minimum Gasteiger partial charge on any atom is -0.492 e. The number of hydrogen-bond acceptors (Lipinski definition) is 3. The first-order valence-electron chi connectivity index (χ1n) is 6.09. The number of nitrogens with one attached hydrogen (secondary N) is 1. The first kappa shape index (κ1) is 14.5. The van der Waals surface area contributed by atoms with Gasteiger partial charge in [-0.25, -0.2) is 0 Å². The lowest BCUT2D eigenvalue weighted by Crippen LogP contribution is -2.52. The summed E-state index contributed by atoms with van der Waals surface area (Å²) in [6, 6.07) is 9.60. The molecule has 0 radical (unpaired) electrons. The third-order valence-corrected chi connectivity index (χ3v) is 2.94. The summed E-state index contributed by atoms with van der Waals surface area (Å²) in [5.74, 6) is 0.882. The molecule has 100 valence electrons. The van der Waals surface area contributed by atoms with E-state index in [1.54, 1.807) is 19.0 Å². The first-order chi connectivity index (χ1) is 8.47. The zero-order chi connectivity index (χ0) is 13.6. The van der Waals surface area contributed by atoms with Crippen LogP contribution in [-0.2, 0) is 4.79 Å². The number of benzene rings is 1. The van der Waals surface area contributed by atoms with Gasteiger partial charge in [0.2, 0.25) is 5.91 Å². The Kier molecular flexibility index (Phi) is 5.16. The van der Waals surface area contributed by atoms with Crippen LogP contribution in [0.4, 0.5) is 0 Å². The minimum atomic E-state index is -0.540. The van der Waals surface area contributed by atoms with Gasteiger partial charge in [0, 0.05) is 7.05 Å². The second-order valence-corrected chi connectivity index (χ2v) is 4.76. The van der Waals surface area contributed by atoms with Gasteiger partial charge in [0.1, 0.15) is 12.4 Å². The Morgan fingerprint density at radius 3 is 2.50 bits per heavy atom. The summed E-state index contributed by atoms with van der Waals surface area (Å²) in [4.78, 5) is 13.7. The van der Waals surface area contributed by atoms with Crippen LogP contribution in [-0.4, -0.2) is 43.6 Å². The van der Waals surface area contributed by atoms with Gasteiger partial charge in [-0.2, -0.15) is 0 Å². The predicted octanol–water partition coefficient (Wildman–Crippen LogP) is 1.52. The number of carbonyl (C=O) groups is 1. The molecule has 4 heteroatoms. The number of likely N-dealkylation sites (N-methyl/N-ethyl adjacent to an activating group) is 2. The third-order valence-electron chi connectivity index (χ3n) is 2.94. The van der Waals surface area contributed by atoms with Gasteiger partial charge in [-0.3, -0.25) is 4.79 Å². The van der Waals surface area contributed by atoms with Gasteiger partial charge in [0.05, 0.1) is 12.1 Å². The van der Waals surface area contributed by atoms with Crippen molar-refractivity contribution >= 4 is 5.91 Å². The van der Waals surface area contributed by atoms with Gasteiger partial charge in [0.25, 0.3) is 0 Å². The molecule has 0 spiro atoms. The summed E-state index contributed by atoms with van der Waals surface area (Å²) in [6.07, 6.45) is 0. The van der Waals surface area contributed by atoms with E-state index in [4.69, 9.17) is 4.74 Å². The Morgan fingerprint density at radius 1 is 1.33 bits per heavy atom. The third kappa shape index (κ3) is 4.04. The quantitative estimate of drug-likeness (QED) is 0.832. The molecule has 0 aliphatic carbocycles. The van der Waals surface area contributed by atoms with E-state index in [9.17, 15) is 4.79 Å². The molecule has 0 aromatic heterocycles. The maximum atomic E-state index is 12.0. The lowest BCUT2D eigenvalue weighted by molar-refractivity contribution is -0.135. The molecule has 1 N–H and O–H groups in total. The Hall–Kier alpha value is -1.55. The number of para-hydroxylation sites is 1. The molecular weight excluding hydrogens is 228 g/mol. The minimum absolute atomic E-state index is 0.0571. The van der Waals surface area contributed by atoms with Gasteiger partial charge in [0.15, 0.2) is 0 Å². The standard InChI is InChI=1S/C14H22N2O2/c1-14(2,15-3)13(17)16(4)10-11-18-12-8-6-5-7-9-12/h5-9,15H,10-11H2,1-4H3. The van der Waals surface area contributed by atoms with Crippen molar-refractivity contribution in [2.24, 2.45) is 0 Å². The maximum absolute atomic E-state index is 12.0. The highest BCUT2D eigenvalue weighted by Crippen LogP contribution is 2.09. The van der Waals surface area contributed by atoms with Gasteiger partial charge in [-0.05, 0) is 33.0 Å². The highest BCUT2D eigenvalue weighted by molar-refractivity contribution is 5.85. The van der Waals surface area contributed by atoms with E-state index in [2.05, 4.69) is 5.32 Å². The lowest BCUT2D eigenvalue weighted by atomic mass is 10.0. The maximum Gasteiger partial charge on any atom is 0.242 e. The van der Waals surface area contributed by atoms with Crippen LogP contribution in [0.25, 0.3) is 0 Å². The van der Waals surface area contributed by atoms with E-state index in [1.165, 1.54) is 0 Å². The lowest BCUT2D eigenvalue weighted by Gasteiger charge is -2.28. The molecule has 1 rings (SSSR count). The summed E-state index contributed by atoms with van der Waals surface area (Å²) in [7, 11) is 3.57. The van der Waals surface area contributed by atoms with Crippen molar-refractivity contribution in [2.75, 3.05) is 27.2 Å². The Labute approximate surface area is 109 Å². The monoisotopic (exact) mass is 250 g/mol. The largest absolute Gasteiger partial charge is 0.492 e. The zero-order valence-corrected chi connectivity index (χ0v) is 11.6. The van der Waals surface area contributed by atoms with E-state index in [0.29, 0.717) is 13.2 Å². The van der Waals surface area contributed by atoms with Gasteiger partial charge >= 0.3 is 0 Å². The van der Waals surface area contributed by atoms with Crippen molar-refractivity contribution in [3.8, 4) is 5.75 Å². The molecule has 18 heavy (non-hydrogen) atoms. The molecule has 0 atom stereocenters. The van der Waals surface area contributed by atoms with Crippen molar-refractivity contribution in [3.63, 3.8) is 0 Å². The molecule has 0 fully saturated rings. The van der Waals surface area contributed by atoms with Crippen molar-refractivity contribution in [1.29, 1.82) is 0 Å². The van der Waals surface area contributed by atoms with Crippen LogP contribution in [0.15, 0.2) is 30.3 Å². The van der Waals surface area contributed by atoms with Crippen LogP contribution in [0.5, 0.6) is 5.75 Å². The fourth-order valence-corrected chi connectivity index (χ4v) is 1.50. The van der Waals surface area contributed by atoms with E-state index in [1.807, 2.05) is 44.2 Å². The molecule has 0 aliphatic heterocycles. The number of carbonyl (C=O) groups excluding carboxylic acids is 1. The van der Waals surface area contributed by atoms with Gasteiger partial charge < -0.3 is 15.0 Å². The molecule has 1 aromatic carbocycles. The topological polar surface area (TPSA) is 41.6 Å².